The van der Waals surface area contributed by atoms with Crippen LogP contribution in [-0.4, -0.2) is 144 Å². The molecule has 1 aromatic heterocycles. The number of Topliss-reactive ketones (excluding diaryl/α,β-unsaturated/α-hetero) is 4. The van der Waals surface area contributed by atoms with Gasteiger partial charge in [-0.2, -0.15) is 24.9 Å². The number of para-hydroxylation sites is 1. The molecule has 27 heteroatoms. The zero-order chi connectivity index (χ0) is 75.1. The number of carboxylic acid groups (broad SMARTS) is 2. The first-order valence-corrected chi connectivity index (χ1v) is 33.8. The summed E-state index contributed by atoms with van der Waals surface area (Å²) in [7, 11) is 0. The maximum atomic E-state index is 15.1. The highest BCUT2D eigenvalue weighted by Gasteiger charge is 2.39. The molecule has 4 rings (SSSR count). The van der Waals surface area contributed by atoms with Gasteiger partial charge in [0.25, 0.3) is 0 Å². The molecule has 3 aromatic carbocycles. The monoisotopic (exact) mass is 1410 g/mol. The summed E-state index contributed by atoms with van der Waals surface area (Å²) in [6.45, 7) is 24.1. The number of esters is 2. The Kier molecular flexibility index (Phi) is 32.2. The molecule has 1 heterocycles. The Balaban J connectivity index is 0.00000344. The minimum absolute atomic E-state index is 0.00276. The quantitative estimate of drug-likeness (QED) is 0.0165. The molecule has 0 saturated heterocycles. The molecule has 7 atom stereocenters. The lowest BCUT2D eigenvalue weighted by molar-refractivity contribution is -0.192. The molecular weight excluding hydrogens is 1320 g/mol. The van der Waals surface area contributed by atoms with Gasteiger partial charge >= 0.3 is 36.1 Å². The van der Waals surface area contributed by atoms with Crippen LogP contribution in [0.5, 0.6) is 5.75 Å². The number of fused-ring (bicyclic) bond motifs is 1. The lowest BCUT2D eigenvalue weighted by Crippen LogP contribution is -2.48. The molecule has 0 aliphatic heterocycles. The molecule has 0 unspecified atom stereocenters. The normalized spacial score (nSPS) is 14.1. The van der Waals surface area contributed by atoms with Crippen LogP contribution in [-0.2, 0) is 86.2 Å². The number of hydrogen-bond acceptors (Lipinski definition) is 17. The van der Waals surface area contributed by atoms with Crippen LogP contribution in [0.15, 0.2) is 79.0 Å². The highest BCUT2D eigenvalue weighted by molar-refractivity contribution is 7.98. The molecule has 0 aliphatic rings. The van der Waals surface area contributed by atoms with Gasteiger partial charge in [-0.25, -0.2) is 14.0 Å². The largest absolute Gasteiger partial charge is 0.490 e. The van der Waals surface area contributed by atoms with Crippen LogP contribution in [0.1, 0.15) is 171 Å². The van der Waals surface area contributed by atoms with Gasteiger partial charge in [0, 0.05) is 74.3 Å². The number of benzene rings is 3. The SMILES string of the molecule is CSCC[C@H](CC(=O)[C@H](Cc1cn(C(=O)OC(C)(C)C)c2ccccc12)NC(=O)CCC(=O)[C@H](Cc1ccc(OC(C)(C)C)cc1)NC(=O)[C@H](C)CC(=O)[C@H](C)CCC(=O)OC(C)(C)C)C(=O)N[C@@H](CC(=O)OC(C)(C)C)C(=O)C[C@@H](Cc1ccc(F)cc1)C(=O)O.O=C(O)C(F)(F)F. The van der Waals surface area contributed by atoms with E-state index in [0.29, 0.717) is 39.1 Å². The number of alkyl halides is 3. The summed E-state index contributed by atoms with van der Waals surface area (Å²) in [4.78, 5) is 161. The van der Waals surface area contributed by atoms with E-state index in [1.165, 1.54) is 34.7 Å². The summed E-state index contributed by atoms with van der Waals surface area (Å²) < 4.78 is 69.4. The Morgan fingerprint density at radius 2 is 1.04 bits per heavy atom. The first-order chi connectivity index (χ1) is 45.6. The average molecular weight is 1410 g/mol. The van der Waals surface area contributed by atoms with E-state index in [1.54, 1.807) is 131 Å². The molecule has 546 valence electrons. The number of ketones is 4. The number of rotatable bonds is 34. The number of thioether (sulfide) groups is 1. The Bertz CT molecular complexity index is 3470. The fourth-order valence-electron chi connectivity index (χ4n) is 9.94. The van der Waals surface area contributed by atoms with Crippen molar-refractivity contribution in [2.24, 2.45) is 23.7 Å². The van der Waals surface area contributed by atoms with Crippen LogP contribution in [0, 0.1) is 29.5 Å². The summed E-state index contributed by atoms with van der Waals surface area (Å²) in [5.74, 6) is -13.6. The number of aliphatic carboxylic acids is 2. The zero-order valence-corrected chi connectivity index (χ0v) is 59.8. The number of aromatic nitrogens is 1. The molecule has 5 N–H and O–H groups in total. The van der Waals surface area contributed by atoms with Gasteiger partial charge in [-0.15, -0.1) is 0 Å². The van der Waals surface area contributed by atoms with Gasteiger partial charge < -0.3 is 45.1 Å². The lowest BCUT2D eigenvalue weighted by atomic mass is 9.90. The van der Waals surface area contributed by atoms with Crippen molar-refractivity contribution in [1.82, 2.24) is 20.5 Å². The minimum Gasteiger partial charge on any atom is -0.488 e. The second kappa shape index (κ2) is 37.6. The number of carboxylic acids is 2. The number of halogens is 4. The van der Waals surface area contributed by atoms with E-state index >= 15 is 4.79 Å². The summed E-state index contributed by atoms with van der Waals surface area (Å²) in [6.07, 6.45) is -5.68. The predicted molar refractivity (Wildman–Crippen MR) is 362 cm³/mol. The van der Waals surface area contributed by atoms with Gasteiger partial charge in [0.2, 0.25) is 17.7 Å². The van der Waals surface area contributed by atoms with Gasteiger partial charge in [-0.1, -0.05) is 56.3 Å². The van der Waals surface area contributed by atoms with E-state index in [2.05, 4.69) is 16.0 Å². The van der Waals surface area contributed by atoms with E-state index in [1.807, 2.05) is 20.8 Å². The molecule has 4 aromatic rings. The number of amides is 3. The van der Waals surface area contributed by atoms with Crippen molar-refractivity contribution >= 4 is 93.5 Å². The summed E-state index contributed by atoms with van der Waals surface area (Å²) in [5.41, 5.74) is -1.21. The molecule has 0 radical (unpaired) electrons. The van der Waals surface area contributed by atoms with Crippen molar-refractivity contribution in [3.63, 3.8) is 0 Å². The molecule has 0 saturated carbocycles. The Morgan fingerprint density at radius 3 is 1.59 bits per heavy atom. The van der Waals surface area contributed by atoms with E-state index in [-0.39, 0.29) is 50.7 Å². The third-order valence-electron chi connectivity index (χ3n) is 14.7. The third-order valence-corrected chi connectivity index (χ3v) is 15.4. The summed E-state index contributed by atoms with van der Waals surface area (Å²) >= 11 is 1.36. The summed E-state index contributed by atoms with van der Waals surface area (Å²) in [5, 5.41) is 26.1. The van der Waals surface area contributed by atoms with Gasteiger partial charge in [0.05, 0.1) is 36.0 Å². The van der Waals surface area contributed by atoms with Crippen molar-refractivity contribution in [3.05, 3.63) is 102 Å². The number of nitrogens with one attached hydrogen (secondary N) is 3. The van der Waals surface area contributed by atoms with Crippen molar-refractivity contribution in [3.8, 4) is 5.75 Å². The second-order valence-electron chi connectivity index (χ2n) is 28.4. The Labute approximate surface area is 579 Å². The zero-order valence-electron chi connectivity index (χ0n) is 59.0. The average Bonchev–Trinajstić information content (AvgIpc) is 1.64. The van der Waals surface area contributed by atoms with E-state index in [4.69, 9.17) is 28.8 Å². The van der Waals surface area contributed by atoms with Crippen molar-refractivity contribution < 1.29 is 104 Å². The van der Waals surface area contributed by atoms with Gasteiger partial charge in [0.1, 0.15) is 39.8 Å². The van der Waals surface area contributed by atoms with Crippen LogP contribution in [0.4, 0.5) is 22.4 Å². The minimum atomic E-state index is -5.08. The predicted octanol–water partition coefficient (Wildman–Crippen LogP) is 11.3. The smallest absolute Gasteiger partial charge is 0.488 e. The highest BCUT2D eigenvalue weighted by Crippen LogP contribution is 2.28. The fraction of sp³-hybridized carbons (Fsp3) is 0.556. The Morgan fingerprint density at radius 1 is 0.525 bits per heavy atom. The van der Waals surface area contributed by atoms with Crippen molar-refractivity contribution in [2.75, 3.05) is 12.0 Å². The van der Waals surface area contributed by atoms with E-state index in [0.717, 1.165) is 12.1 Å². The first-order valence-electron chi connectivity index (χ1n) is 32.4. The van der Waals surface area contributed by atoms with Crippen molar-refractivity contribution in [1.29, 1.82) is 0 Å². The molecule has 0 spiro atoms. The van der Waals surface area contributed by atoms with Crippen LogP contribution >= 0.6 is 11.8 Å². The molecule has 0 aliphatic carbocycles. The fourth-order valence-corrected chi connectivity index (χ4v) is 10.5. The van der Waals surface area contributed by atoms with Gasteiger partial charge in [-0.3, -0.25) is 52.5 Å². The number of ether oxygens (including phenoxy) is 4. The highest BCUT2D eigenvalue weighted by atomic mass is 32.2. The lowest BCUT2D eigenvalue weighted by Gasteiger charge is -2.26. The van der Waals surface area contributed by atoms with Crippen LogP contribution < -0.4 is 20.7 Å². The number of carbonyl (C=O) groups is 12. The molecular formula is C72H96F4N4O18S. The number of hydrogen-bond donors (Lipinski definition) is 5. The topological polar surface area (TPSA) is 323 Å². The first kappa shape index (κ1) is 84.7. The standard InChI is InChI=1S/C70H95FN4O16S.C2HF3O2/c1-42(20-31-61(81)89-68(6,7)8)57(77)34-43(2)63(83)73-52(36-45-23-27-50(28-24-45)88-67(3,4)5)56(76)29-30-60(80)72-53(37-48-41-75(66(87)91-70(12,13)14)55-19-17-16-18-51(48)55)58(78)38-46(32-33-92-15)64(84)74-54(40-62(82)90-69(9,10)11)59(79)39-47(65(85)86)35-44-21-25-49(71)26-22-44;3-2(4,5)1(6)7/h16-19,21-28,41-43,46-47,52-54H,20,29-40H2,1-15H3,(H,72,80)(H,73,83)(H,74,84)(H,85,86);(H,6,7)/t42-,43-,46-,47-,52+,53+,54+;/m1./s1. The number of nitrogens with zero attached hydrogens (tertiary/aromatic N) is 1. The van der Waals surface area contributed by atoms with E-state index in [9.17, 15) is 70.6 Å². The maximum absolute atomic E-state index is 15.1. The van der Waals surface area contributed by atoms with E-state index < -0.39 is 173 Å². The summed E-state index contributed by atoms with van der Waals surface area (Å²) in [6, 6.07) is 14.6. The third kappa shape index (κ3) is 31.9. The van der Waals surface area contributed by atoms with Crippen LogP contribution in [0.25, 0.3) is 10.9 Å². The van der Waals surface area contributed by atoms with Crippen LogP contribution in [0.3, 0.4) is 0 Å². The maximum Gasteiger partial charge on any atom is 0.490 e. The molecule has 3 amide bonds. The van der Waals surface area contributed by atoms with Crippen LogP contribution in [0.2, 0.25) is 0 Å². The molecule has 22 nitrogen and oxygen atoms in total. The van der Waals surface area contributed by atoms with Crippen molar-refractivity contribution in [2.45, 2.75) is 221 Å². The molecule has 99 heavy (non-hydrogen) atoms. The number of carbonyl (C=O) groups excluding carboxylic acids is 10. The Hall–Kier alpha value is -8.49. The molecule has 0 fully saturated rings. The molecule has 0 bridgehead atoms. The van der Waals surface area contributed by atoms with Gasteiger partial charge in [-0.05, 0) is 168 Å². The second-order valence-corrected chi connectivity index (χ2v) is 29.4. The van der Waals surface area contributed by atoms with Gasteiger partial charge in [0.15, 0.2) is 17.3 Å².